The molecule has 1 saturated heterocycles. The Morgan fingerprint density at radius 1 is 1.12 bits per heavy atom. The lowest BCUT2D eigenvalue weighted by Gasteiger charge is -2.37. The normalized spacial score (nSPS) is 36.6. The van der Waals surface area contributed by atoms with Gasteiger partial charge in [-0.05, 0) is 39.2 Å². The first kappa shape index (κ1) is 12.3. The van der Waals surface area contributed by atoms with Gasteiger partial charge in [0.05, 0.1) is 12.2 Å². The SMILES string of the molecule is CN(CC1CCCCO1)[C@H]1CCCC[C@@H]1O. The molecule has 2 aliphatic rings. The van der Waals surface area contributed by atoms with Crippen molar-refractivity contribution in [3.05, 3.63) is 0 Å². The lowest BCUT2D eigenvalue weighted by atomic mass is 9.91. The van der Waals surface area contributed by atoms with Crippen LogP contribution in [0, 0.1) is 0 Å². The van der Waals surface area contributed by atoms with Gasteiger partial charge in [-0.15, -0.1) is 0 Å². The van der Waals surface area contributed by atoms with Gasteiger partial charge in [0, 0.05) is 19.2 Å². The zero-order valence-electron chi connectivity index (χ0n) is 10.4. The van der Waals surface area contributed by atoms with Crippen molar-refractivity contribution in [2.45, 2.75) is 63.2 Å². The predicted molar refractivity (Wildman–Crippen MR) is 64.5 cm³/mol. The predicted octanol–water partition coefficient (Wildman–Crippen LogP) is 1.79. The lowest BCUT2D eigenvalue weighted by molar-refractivity contribution is -0.0313. The van der Waals surface area contributed by atoms with Gasteiger partial charge in [0.25, 0.3) is 0 Å². The molecular formula is C13H25NO2. The maximum atomic E-state index is 9.99. The van der Waals surface area contributed by atoms with E-state index < -0.39 is 0 Å². The van der Waals surface area contributed by atoms with Crippen LogP contribution in [0.15, 0.2) is 0 Å². The fourth-order valence-electron chi connectivity index (χ4n) is 3.01. The van der Waals surface area contributed by atoms with Crippen LogP contribution in [0.1, 0.15) is 44.9 Å². The lowest BCUT2D eigenvalue weighted by Crippen LogP contribution is -2.47. The third kappa shape index (κ3) is 3.19. The van der Waals surface area contributed by atoms with Crippen molar-refractivity contribution in [1.29, 1.82) is 0 Å². The molecule has 3 atom stereocenters. The monoisotopic (exact) mass is 227 g/mol. The first-order chi connectivity index (χ1) is 7.77. The van der Waals surface area contributed by atoms with Crippen LogP contribution in [0.25, 0.3) is 0 Å². The molecule has 1 aliphatic carbocycles. The zero-order chi connectivity index (χ0) is 11.4. The molecule has 16 heavy (non-hydrogen) atoms. The number of ether oxygens (including phenoxy) is 1. The summed E-state index contributed by atoms with van der Waals surface area (Å²) >= 11 is 0. The van der Waals surface area contributed by atoms with Crippen LogP contribution in [0.3, 0.4) is 0 Å². The first-order valence-corrected chi connectivity index (χ1v) is 6.77. The number of hydrogen-bond acceptors (Lipinski definition) is 3. The maximum absolute atomic E-state index is 9.99. The van der Waals surface area contributed by atoms with E-state index >= 15 is 0 Å². The van der Waals surface area contributed by atoms with E-state index in [4.69, 9.17) is 4.74 Å². The van der Waals surface area contributed by atoms with Crippen molar-refractivity contribution >= 4 is 0 Å². The van der Waals surface area contributed by atoms with Gasteiger partial charge >= 0.3 is 0 Å². The number of likely N-dealkylation sites (N-methyl/N-ethyl adjacent to an activating group) is 1. The van der Waals surface area contributed by atoms with Crippen molar-refractivity contribution in [2.24, 2.45) is 0 Å². The van der Waals surface area contributed by atoms with Crippen molar-refractivity contribution in [3.63, 3.8) is 0 Å². The standard InChI is InChI=1S/C13H25NO2/c1-14(10-11-6-4-5-9-16-11)12-7-2-3-8-13(12)15/h11-13,15H,2-10H2,1H3/t11?,12-,13-/m0/s1. The molecular weight excluding hydrogens is 202 g/mol. The van der Waals surface area contributed by atoms with E-state index in [2.05, 4.69) is 11.9 Å². The van der Waals surface area contributed by atoms with Crippen LogP contribution in [-0.4, -0.2) is 48.5 Å². The molecule has 0 radical (unpaired) electrons. The molecule has 1 heterocycles. The molecule has 0 spiro atoms. The molecule has 2 rings (SSSR count). The molecule has 94 valence electrons. The second-order valence-corrected chi connectivity index (χ2v) is 5.35. The van der Waals surface area contributed by atoms with Crippen molar-refractivity contribution in [2.75, 3.05) is 20.2 Å². The van der Waals surface area contributed by atoms with E-state index in [1.807, 2.05) is 0 Å². The van der Waals surface area contributed by atoms with Gasteiger partial charge in [-0.25, -0.2) is 0 Å². The summed E-state index contributed by atoms with van der Waals surface area (Å²) < 4.78 is 5.75. The third-order valence-electron chi connectivity index (χ3n) is 4.03. The number of rotatable bonds is 3. The van der Waals surface area contributed by atoms with E-state index in [1.54, 1.807) is 0 Å². The Labute approximate surface area is 98.8 Å². The molecule has 0 aromatic heterocycles. The van der Waals surface area contributed by atoms with E-state index in [-0.39, 0.29) is 6.10 Å². The fourth-order valence-corrected chi connectivity index (χ4v) is 3.01. The molecule has 3 heteroatoms. The Morgan fingerprint density at radius 2 is 1.88 bits per heavy atom. The summed E-state index contributed by atoms with van der Waals surface area (Å²) in [6, 6.07) is 0.360. The third-order valence-corrected chi connectivity index (χ3v) is 4.03. The van der Waals surface area contributed by atoms with Crippen LogP contribution in [-0.2, 0) is 4.74 Å². The van der Waals surface area contributed by atoms with Crippen LogP contribution in [0.2, 0.25) is 0 Å². The topological polar surface area (TPSA) is 32.7 Å². The highest BCUT2D eigenvalue weighted by atomic mass is 16.5. The summed E-state index contributed by atoms with van der Waals surface area (Å²) in [5, 5.41) is 9.99. The minimum absolute atomic E-state index is 0.123. The zero-order valence-corrected chi connectivity index (χ0v) is 10.4. The highest BCUT2D eigenvalue weighted by molar-refractivity contribution is 4.83. The van der Waals surface area contributed by atoms with Crippen molar-refractivity contribution in [1.82, 2.24) is 4.90 Å². The number of nitrogens with zero attached hydrogens (tertiary/aromatic N) is 1. The molecule has 1 aliphatic heterocycles. The Morgan fingerprint density at radius 3 is 2.56 bits per heavy atom. The smallest absolute Gasteiger partial charge is 0.0702 e. The molecule has 1 N–H and O–H groups in total. The second kappa shape index (κ2) is 5.99. The summed E-state index contributed by atoms with van der Waals surface area (Å²) in [5.74, 6) is 0. The van der Waals surface area contributed by atoms with Gasteiger partial charge in [0.2, 0.25) is 0 Å². The van der Waals surface area contributed by atoms with Gasteiger partial charge in [0.15, 0.2) is 0 Å². The quantitative estimate of drug-likeness (QED) is 0.798. The minimum Gasteiger partial charge on any atom is -0.391 e. The van der Waals surface area contributed by atoms with Gasteiger partial charge in [-0.1, -0.05) is 12.8 Å². The Hall–Kier alpha value is -0.120. The molecule has 0 aromatic rings. The first-order valence-electron chi connectivity index (χ1n) is 6.77. The fraction of sp³-hybridized carbons (Fsp3) is 1.00. The van der Waals surface area contributed by atoms with Crippen LogP contribution in [0.5, 0.6) is 0 Å². The van der Waals surface area contributed by atoms with Crippen LogP contribution < -0.4 is 0 Å². The van der Waals surface area contributed by atoms with Crippen LogP contribution in [0.4, 0.5) is 0 Å². The molecule has 1 saturated carbocycles. The Kier molecular flexibility index (Phi) is 4.62. The van der Waals surface area contributed by atoms with E-state index in [0.717, 1.165) is 26.0 Å². The minimum atomic E-state index is -0.123. The maximum Gasteiger partial charge on any atom is 0.0702 e. The number of aliphatic hydroxyl groups excluding tert-OH is 1. The van der Waals surface area contributed by atoms with Crippen molar-refractivity contribution in [3.8, 4) is 0 Å². The van der Waals surface area contributed by atoms with Gasteiger partial charge < -0.3 is 9.84 Å². The Bertz CT molecular complexity index is 204. The molecule has 2 fully saturated rings. The number of hydrogen-bond donors (Lipinski definition) is 1. The summed E-state index contributed by atoms with van der Waals surface area (Å²) in [5.41, 5.74) is 0. The second-order valence-electron chi connectivity index (χ2n) is 5.35. The molecule has 1 unspecified atom stereocenters. The largest absolute Gasteiger partial charge is 0.391 e. The van der Waals surface area contributed by atoms with Gasteiger partial charge in [-0.2, -0.15) is 0 Å². The Balaban J connectivity index is 1.78. The molecule has 0 bridgehead atoms. The average Bonchev–Trinajstić information content (AvgIpc) is 2.31. The van der Waals surface area contributed by atoms with Crippen LogP contribution >= 0.6 is 0 Å². The summed E-state index contributed by atoms with van der Waals surface area (Å²) in [4.78, 5) is 2.32. The highest BCUT2D eigenvalue weighted by Crippen LogP contribution is 2.23. The molecule has 0 amide bonds. The van der Waals surface area contributed by atoms with Crippen molar-refractivity contribution < 1.29 is 9.84 Å². The summed E-state index contributed by atoms with van der Waals surface area (Å²) in [6.45, 7) is 1.91. The average molecular weight is 227 g/mol. The van der Waals surface area contributed by atoms with Gasteiger partial charge in [-0.3, -0.25) is 4.90 Å². The number of aliphatic hydroxyl groups is 1. The molecule has 3 nitrogen and oxygen atoms in total. The van der Waals surface area contributed by atoms with Gasteiger partial charge in [0.1, 0.15) is 0 Å². The molecule has 0 aromatic carbocycles. The summed E-state index contributed by atoms with van der Waals surface area (Å²) in [6.07, 6.45) is 8.54. The van der Waals surface area contributed by atoms with E-state index in [1.165, 1.54) is 32.1 Å². The van der Waals surface area contributed by atoms with E-state index in [9.17, 15) is 5.11 Å². The highest BCUT2D eigenvalue weighted by Gasteiger charge is 2.28. The van der Waals surface area contributed by atoms with E-state index in [0.29, 0.717) is 12.1 Å². The summed E-state index contributed by atoms with van der Waals surface area (Å²) in [7, 11) is 2.14.